The minimum Gasteiger partial charge on any atom is -0.308 e. The average Bonchev–Trinajstić information content (AvgIpc) is 3.36. The van der Waals surface area contributed by atoms with Crippen LogP contribution in [0.2, 0.25) is 0 Å². The lowest BCUT2D eigenvalue weighted by molar-refractivity contribution is 0.373. The smallest absolute Gasteiger partial charge is 0.140 e. The normalized spacial score (nSPS) is 15.1. The van der Waals surface area contributed by atoms with Crippen molar-refractivity contribution in [2.24, 2.45) is 0 Å². The molecule has 0 atom stereocenters. The molecule has 0 amide bonds. The van der Waals surface area contributed by atoms with Crippen LogP contribution in [-0.4, -0.2) is 51.3 Å². The molecule has 1 aliphatic rings. The molecule has 0 bridgehead atoms. The zero-order valence-corrected chi connectivity index (χ0v) is 16.0. The van der Waals surface area contributed by atoms with E-state index >= 15 is 0 Å². The highest BCUT2D eigenvalue weighted by Gasteiger charge is 2.14. The zero-order chi connectivity index (χ0) is 18.6. The van der Waals surface area contributed by atoms with E-state index in [4.69, 9.17) is 4.98 Å². The molecule has 0 aromatic carbocycles. The van der Waals surface area contributed by atoms with Crippen LogP contribution in [0.3, 0.4) is 0 Å². The summed E-state index contributed by atoms with van der Waals surface area (Å²) in [7, 11) is 4.13. The van der Waals surface area contributed by atoms with Crippen molar-refractivity contribution in [3.05, 3.63) is 36.8 Å². The maximum absolute atomic E-state index is 4.72. The number of nitrogens with zero attached hydrogens (tertiary/aromatic N) is 5. The second-order valence-corrected chi connectivity index (χ2v) is 7.50. The number of aromatic nitrogens is 4. The number of pyridine rings is 2. The van der Waals surface area contributed by atoms with Crippen molar-refractivity contribution in [2.75, 3.05) is 26.1 Å². The molecule has 3 heterocycles. The van der Waals surface area contributed by atoms with Crippen LogP contribution in [0.5, 0.6) is 0 Å². The number of anilines is 1. The second-order valence-electron chi connectivity index (χ2n) is 7.50. The molecule has 0 aliphatic heterocycles. The summed E-state index contributed by atoms with van der Waals surface area (Å²) in [5, 5.41) is 4.46. The Balaban J connectivity index is 1.50. The summed E-state index contributed by atoms with van der Waals surface area (Å²) in [6.45, 7) is 1.83. The van der Waals surface area contributed by atoms with E-state index in [0.29, 0.717) is 6.04 Å². The Hall–Kier alpha value is -2.51. The zero-order valence-electron chi connectivity index (χ0n) is 16.0. The molecular weight excluding hydrogens is 338 g/mol. The third-order valence-corrected chi connectivity index (χ3v) is 5.04. The fraction of sp³-hybridized carbons (Fsp3) is 0.450. The molecular formula is C20H27N7. The number of hydrogen-bond donors (Lipinski definition) is 2. The van der Waals surface area contributed by atoms with E-state index in [1.54, 1.807) is 0 Å². The fourth-order valence-corrected chi connectivity index (χ4v) is 3.42. The van der Waals surface area contributed by atoms with Crippen LogP contribution in [0.1, 0.15) is 25.7 Å². The van der Waals surface area contributed by atoms with Gasteiger partial charge in [-0.3, -0.25) is 9.67 Å². The Morgan fingerprint density at radius 2 is 1.96 bits per heavy atom. The Morgan fingerprint density at radius 3 is 2.78 bits per heavy atom. The van der Waals surface area contributed by atoms with Gasteiger partial charge in [0.2, 0.25) is 0 Å². The van der Waals surface area contributed by atoms with Crippen LogP contribution >= 0.6 is 0 Å². The van der Waals surface area contributed by atoms with E-state index in [1.165, 1.54) is 25.7 Å². The molecule has 0 spiro atoms. The van der Waals surface area contributed by atoms with Crippen molar-refractivity contribution in [3.63, 3.8) is 0 Å². The molecule has 0 saturated heterocycles. The summed E-state index contributed by atoms with van der Waals surface area (Å²) in [5.41, 5.74) is 10.5. The van der Waals surface area contributed by atoms with E-state index in [0.717, 1.165) is 41.1 Å². The van der Waals surface area contributed by atoms with Crippen molar-refractivity contribution in [1.82, 2.24) is 30.1 Å². The molecule has 142 valence electrons. The molecule has 1 aliphatic carbocycles. The number of nitrogens with one attached hydrogen (secondary N) is 2. The molecule has 1 fully saturated rings. The van der Waals surface area contributed by atoms with Gasteiger partial charge < -0.3 is 10.3 Å². The van der Waals surface area contributed by atoms with Crippen LogP contribution in [0, 0.1) is 0 Å². The quantitative estimate of drug-likeness (QED) is 0.628. The van der Waals surface area contributed by atoms with Gasteiger partial charge in [0.15, 0.2) is 0 Å². The number of hydrogen-bond acceptors (Lipinski definition) is 6. The summed E-state index contributed by atoms with van der Waals surface area (Å²) >= 11 is 0. The van der Waals surface area contributed by atoms with E-state index in [1.807, 2.05) is 29.2 Å². The SMILES string of the molecule is CN(C)CCn1cc(-c2cnc3ccc(NNC4CCCC4)nc3c2)cn1. The van der Waals surface area contributed by atoms with Crippen LogP contribution in [-0.2, 0) is 6.54 Å². The van der Waals surface area contributed by atoms with Crippen molar-refractivity contribution >= 4 is 16.9 Å². The first-order chi connectivity index (χ1) is 13.2. The second kappa shape index (κ2) is 8.02. The minimum absolute atomic E-state index is 0.542. The number of fused-ring (bicyclic) bond motifs is 1. The van der Waals surface area contributed by atoms with Gasteiger partial charge in [-0.2, -0.15) is 5.10 Å². The van der Waals surface area contributed by atoms with Gasteiger partial charge >= 0.3 is 0 Å². The van der Waals surface area contributed by atoms with E-state index in [-0.39, 0.29) is 0 Å². The van der Waals surface area contributed by atoms with Crippen LogP contribution in [0.25, 0.3) is 22.2 Å². The molecule has 3 aromatic rings. The van der Waals surface area contributed by atoms with Crippen molar-refractivity contribution < 1.29 is 0 Å². The number of likely N-dealkylation sites (N-methyl/N-ethyl adjacent to an activating group) is 1. The van der Waals surface area contributed by atoms with Crippen molar-refractivity contribution in [1.29, 1.82) is 0 Å². The lowest BCUT2D eigenvalue weighted by Crippen LogP contribution is -2.31. The standard InChI is InChI=1S/C20H27N7/c1-26(2)9-10-27-14-16(13-22-27)15-11-19-18(21-12-15)7-8-20(23-19)25-24-17-5-3-4-6-17/h7-8,11-14,17,24H,3-6,9-10H2,1-2H3,(H,23,25). The van der Waals surface area contributed by atoms with Crippen LogP contribution in [0.15, 0.2) is 36.8 Å². The highest BCUT2D eigenvalue weighted by molar-refractivity contribution is 5.81. The van der Waals surface area contributed by atoms with Gasteiger partial charge in [-0.25, -0.2) is 10.4 Å². The first kappa shape index (κ1) is 17.9. The van der Waals surface area contributed by atoms with Gasteiger partial charge in [0.1, 0.15) is 5.82 Å². The summed E-state index contributed by atoms with van der Waals surface area (Å²) in [5.74, 6) is 0.829. The third kappa shape index (κ3) is 4.43. The van der Waals surface area contributed by atoms with Gasteiger partial charge in [-0.05, 0) is 45.1 Å². The lowest BCUT2D eigenvalue weighted by Gasteiger charge is -2.13. The minimum atomic E-state index is 0.542. The molecule has 7 heteroatoms. The first-order valence-corrected chi connectivity index (χ1v) is 9.63. The molecule has 0 radical (unpaired) electrons. The Bertz CT molecular complexity index is 896. The summed E-state index contributed by atoms with van der Waals surface area (Å²) in [6, 6.07) is 6.60. The summed E-state index contributed by atoms with van der Waals surface area (Å²) < 4.78 is 1.97. The highest BCUT2D eigenvalue weighted by atomic mass is 15.4. The topological polar surface area (TPSA) is 70.9 Å². The summed E-state index contributed by atoms with van der Waals surface area (Å²) in [4.78, 5) is 11.4. The van der Waals surface area contributed by atoms with Gasteiger partial charge in [0.05, 0.1) is 23.8 Å². The summed E-state index contributed by atoms with van der Waals surface area (Å²) in [6.07, 6.45) is 10.9. The molecule has 0 unspecified atom stereocenters. The van der Waals surface area contributed by atoms with Gasteiger partial charge in [0.25, 0.3) is 0 Å². The van der Waals surface area contributed by atoms with Gasteiger partial charge in [-0.1, -0.05) is 12.8 Å². The maximum atomic E-state index is 4.72. The average molecular weight is 365 g/mol. The first-order valence-electron chi connectivity index (χ1n) is 9.63. The Morgan fingerprint density at radius 1 is 1.11 bits per heavy atom. The van der Waals surface area contributed by atoms with E-state index in [2.05, 4.69) is 52.2 Å². The predicted molar refractivity (Wildman–Crippen MR) is 108 cm³/mol. The molecule has 3 aromatic heterocycles. The van der Waals surface area contributed by atoms with Crippen LogP contribution < -0.4 is 10.9 Å². The monoisotopic (exact) mass is 365 g/mol. The molecule has 1 saturated carbocycles. The number of rotatable bonds is 7. The Kier molecular flexibility index (Phi) is 5.31. The van der Waals surface area contributed by atoms with E-state index < -0.39 is 0 Å². The van der Waals surface area contributed by atoms with Gasteiger partial charge in [0, 0.05) is 36.1 Å². The molecule has 7 nitrogen and oxygen atoms in total. The highest BCUT2D eigenvalue weighted by Crippen LogP contribution is 2.23. The van der Waals surface area contributed by atoms with Gasteiger partial charge in [-0.15, -0.1) is 0 Å². The largest absolute Gasteiger partial charge is 0.308 e. The fourth-order valence-electron chi connectivity index (χ4n) is 3.42. The van der Waals surface area contributed by atoms with Crippen molar-refractivity contribution in [2.45, 2.75) is 38.3 Å². The lowest BCUT2D eigenvalue weighted by atomic mass is 10.1. The Labute approximate surface area is 159 Å². The maximum Gasteiger partial charge on any atom is 0.140 e. The third-order valence-electron chi connectivity index (χ3n) is 5.04. The number of hydrazine groups is 1. The van der Waals surface area contributed by atoms with Crippen LogP contribution in [0.4, 0.5) is 5.82 Å². The predicted octanol–water partition coefficient (Wildman–Crippen LogP) is 2.91. The van der Waals surface area contributed by atoms with Crippen molar-refractivity contribution in [3.8, 4) is 11.1 Å². The molecule has 27 heavy (non-hydrogen) atoms. The molecule has 2 N–H and O–H groups in total. The molecule has 4 rings (SSSR count). The van der Waals surface area contributed by atoms with E-state index in [9.17, 15) is 0 Å².